The number of nitrogens with two attached hydrogens (primary N) is 1. The first-order valence-electron chi connectivity index (χ1n) is 9.98. The number of carbonyl (C=O) groups is 2. The highest BCUT2D eigenvalue weighted by Crippen LogP contribution is 2.22. The minimum atomic E-state index is -0.536. The number of nitrogens with one attached hydrogen (secondary N) is 3. The molecule has 0 saturated carbocycles. The van der Waals surface area contributed by atoms with Crippen molar-refractivity contribution in [2.45, 2.75) is 0 Å². The molecule has 0 unspecified atom stereocenters. The largest absolute Gasteiger partial charge is 0.439 e. The van der Waals surface area contributed by atoms with E-state index in [0.717, 1.165) is 11.4 Å². The van der Waals surface area contributed by atoms with E-state index in [1.54, 1.807) is 36.4 Å². The maximum Gasteiger partial charge on any atom is 0.323 e. The van der Waals surface area contributed by atoms with Gasteiger partial charge >= 0.3 is 12.1 Å². The van der Waals surface area contributed by atoms with E-state index in [1.165, 1.54) is 12.4 Å². The highest BCUT2D eigenvalue weighted by Gasteiger charge is 2.04. The highest BCUT2D eigenvalue weighted by molar-refractivity contribution is 6.29. The number of anilines is 3. The molecule has 172 valence electrons. The first-order valence-corrected chi connectivity index (χ1v) is 10.4. The molecule has 4 amide bonds. The van der Waals surface area contributed by atoms with E-state index in [2.05, 4.69) is 25.9 Å². The van der Waals surface area contributed by atoms with Crippen LogP contribution < -0.4 is 26.4 Å². The van der Waals surface area contributed by atoms with E-state index in [4.69, 9.17) is 22.1 Å². The van der Waals surface area contributed by atoms with Crippen molar-refractivity contribution in [2.75, 3.05) is 16.0 Å². The van der Waals surface area contributed by atoms with E-state index < -0.39 is 6.03 Å². The Balaban J connectivity index is 0.000000271. The van der Waals surface area contributed by atoms with E-state index in [1.807, 2.05) is 48.5 Å². The summed E-state index contributed by atoms with van der Waals surface area (Å²) in [5.74, 6) is 0.913. The maximum atomic E-state index is 11.9. The normalized spacial score (nSPS) is 9.68. The van der Waals surface area contributed by atoms with Crippen LogP contribution in [0.5, 0.6) is 11.6 Å². The monoisotopic (exact) mass is 476 g/mol. The SMILES string of the molecule is NC(=O)Nc1ccccc1.O=C(Nc1ccccc1)Nc1ccc(Oc2cc(Cl)ncn2)cc1. The minimum absolute atomic E-state index is 0.302. The van der Waals surface area contributed by atoms with Crippen molar-refractivity contribution in [2.24, 2.45) is 5.73 Å². The summed E-state index contributed by atoms with van der Waals surface area (Å²) in [6.45, 7) is 0. The van der Waals surface area contributed by atoms with Gasteiger partial charge in [-0.05, 0) is 48.5 Å². The number of hydrogen-bond acceptors (Lipinski definition) is 5. The Labute approximate surface area is 201 Å². The molecule has 0 aliphatic rings. The lowest BCUT2D eigenvalue weighted by Crippen LogP contribution is -2.19. The first-order chi connectivity index (χ1) is 16.5. The van der Waals surface area contributed by atoms with Gasteiger partial charge in [-0.3, -0.25) is 0 Å². The number of halogens is 1. The third-order valence-electron chi connectivity index (χ3n) is 4.02. The van der Waals surface area contributed by atoms with Crippen LogP contribution in [0.3, 0.4) is 0 Å². The Morgan fingerprint density at radius 3 is 1.79 bits per heavy atom. The molecule has 0 saturated heterocycles. The molecule has 9 nitrogen and oxygen atoms in total. The second-order valence-corrected chi connectivity index (χ2v) is 6.99. The summed E-state index contributed by atoms with van der Waals surface area (Å²) in [5.41, 5.74) is 6.95. The third kappa shape index (κ3) is 8.48. The van der Waals surface area contributed by atoms with E-state index >= 15 is 0 Å². The zero-order valence-corrected chi connectivity index (χ0v) is 18.6. The zero-order valence-electron chi connectivity index (χ0n) is 17.8. The number of carbonyl (C=O) groups excluding carboxylic acids is 2. The van der Waals surface area contributed by atoms with Gasteiger partial charge in [0, 0.05) is 23.1 Å². The lowest BCUT2D eigenvalue weighted by atomic mass is 10.3. The van der Waals surface area contributed by atoms with Crippen LogP contribution in [0.25, 0.3) is 0 Å². The molecule has 0 bridgehead atoms. The second kappa shape index (κ2) is 12.4. The number of primary amides is 1. The smallest absolute Gasteiger partial charge is 0.323 e. The van der Waals surface area contributed by atoms with Gasteiger partial charge in [-0.1, -0.05) is 48.0 Å². The van der Waals surface area contributed by atoms with Crippen molar-refractivity contribution in [1.29, 1.82) is 0 Å². The number of rotatable bonds is 5. The van der Waals surface area contributed by atoms with Crippen LogP contribution in [0, 0.1) is 0 Å². The summed E-state index contributed by atoms with van der Waals surface area (Å²) in [5, 5.41) is 8.22. The summed E-state index contributed by atoms with van der Waals surface area (Å²) < 4.78 is 5.55. The van der Waals surface area contributed by atoms with Gasteiger partial charge in [-0.2, -0.15) is 0 Å². The molecule has 4 rings (SSSR count). The summed E-state index contributed by atoms with van der Waals surface area (Å²) in [6, 6.07) is 25.8. The Bertz CT molecular complexity index is 1210. The molecule has 10 heteroatoms. The number of benzene rings is 3. The lowest BCUT2D eigenvalue weighted by Gasteiger charge is -2.09. The van der Waals surface area contributed by atoms with Crippen LogP contribution in [0.2, 0.25) is 5.15 Å². The number of para-hydroxylation sites is 2. The van der Waals surface area contributed by atoms with Crippen LogP contribution >= 0.6 is 11.6 Å². The standard InChI is InChI=1S/C17H13ClN4O2.C7H8N2O/c18-15-10-16(20-11-19-15)24-14-8-6-13(7-9-14)22-17(23)21-12-4-2-1-3-5-12;8-7(10)9-6-4-2-1-3-5-6/h1-11H,(H2,21,22,23);1-5H,(H3,8,9,10). The summed E-state index contributed by atoms with van der Waals surface area (Å²) in [6.07, 6.45) is 1.32. The Kier molecular flexibility index (Phi) is 8.77. The number of hydrogen-bond donors (Lipinski definition) is 4. The third-order valence-corrected chi connectivity index (χ3v) is 4.22. The van der Waals surface area contributed by atoms with Crippen molar-refractivity contribution < 1.29 is 14.3 Å². The van der Waals surface area contributed by atoms with Crippen LogP contribution in [-0.4, -0.2) is 22.0 Å². The van der Waals surface area contributed by atoms with Gasteiger partial charge in [0.15, 0.2) is 0 Å². The molecule has 0 aliphatic carbocycles. The summed E-state index contributed by atoms with van der Waals surface area (Å²) in [4.78, 5) is 29.9. The quantitative estimate of drug-likeness (QED) is 0.272. The lowest BCUT2D eigenvalue weighted by molar-refractivity contribution is 0.259. The Morgan fingerprint density at radius 2 is 1.26 bits per heavy atom. The maximum absolute atomic E-state index is 11.9. The van der Waals surface area contributed by atoms with Gasteiger partial charge in [-0.25, -0.2) is 19.6 Å². The van der Waals surface area contributed by atoms with Gasteiger partial charge < -0.3 is 26.4 Å². The molecular formula is C24H21ClN6O3. The average Bonchev–Trinajstić information content (AvgIpc) is 2.82. The van der Waals surface area contributed by atoms with E-state index in [-0.39, 0.29) is 6.03 Å². The Morgan fingerprint density at radius 1 is 0.735 bits per heavy atom. The molecule has 1 heterocycles. The Hall–Kier alpha value is -4.63. The molecular weight excluding hydrogens is 456 g/mol. The van der Waals surface area contributed by atoms with Crippen LogP contribution in [0.15, 0.2) is 97.3 Å². The number of nitrogens with zero attached hydrogens (tertiary/aromatic N) is 2. The van der Waals surface area contributed by atoms with Crippen molar-refractivity contribution in [3.8, 4) is 11.6 Å². The molecule has 0 atom stereocenters. The molecule has 0 aliphatic heterocycles. The summed E-state index contributed by atoms with van der Waals surface area (Å²) >= 11 is 5.77. The molecule has 34 heavy (non-hydrogen) atoms. The topological polar surface area (TPSA) is 131 Å². The number of amides is 4. The average molecular weight is 477 g/mol. The fourth-order valence-electron chi connectivity index (χ4n) is 2.58. The molecule has 1 aromatic heterocycles. The first kappa shape index (κ1) is 24.0. The van der Waals surface area contributed by atoms with Crippen LogP contribution in [0.1, 0.15) is 0 Å². The molecule has 3 aromatic carbocycles. The van der Waals surface area contributed by atoms with E-state index in [9.17, 15) is 9.59 Å². The number of aromatic nitrogens is 2. The van der Waals surface area contributed by atoms with Crippen LogP contribution in [0.4, 0.5) is 26.7 Å². The number of urea groups is 2. The van der Waals surface area contributed by atoms with Crippen molar-refractivity contribution in [1.82, 2.24) is 9.97 Å². The van der Waals surface area contributed by atoms with Gasteiger partial charge in [0.05, 0.1) is 0 Å². The highest BCUT2D eigenvalue weighted by atomic mass is 35.5. The van der Waals surface area contributed by atoms with Gasteiger partial charge in [-0.15, -0.1) is 0 Å². The summed E-state index contributed by atoms with van der Waals surface area (Å²) in [7, 11) is 0. The second-order valence-electron chi connectivity index (χ2n) is 6.61. The van der Waals surface area contributed by atoms with Gasteiger partial charge in [0.25, 0.3) is 0 Å². The van der Waals surface area contributed by atoms with Crippen LogP contribution in [-0.2, 0) is 0 Å². The van der Waals surface area contributed by atoms with Gasteiger partial charge in [0.2, 0.25) is 5.88 Å². The molecule has 4 aromatic rings. The van der Waals surface area contributed by atoms with E-state index in [0.29, 0.717) is 22.5 Å². The number of ether oxygens (including phenoxy) is 1. The predicted octanol–water partition coefficient (Wildman–Crippen LogP) is 5.74. The zero-order chi connectivity index (χ0) is 24.2. The molecule has 0 fully saturated rings. The fourth-order valence-corrected chi connectivity index (χ4v) is 2.72. The van der Waals surface area contributed by atoms with Crippen molar-refractivity contribution in [3.63, 3.8) is 0 Å². The fraction of sp³-hybridized carbons (Fsp3) is 0. The molecule has 5 N–H and O–H groups in total. The molecule has 0 radical (unpaired) electrons. The van der Waals surface area contributed by atoms with Gasteiger partial charge in [0.1, 0.15) is 17.2 Å². The molecule has 0 spiro atoms. The van der Waals surface area contributed by atoms with Crippen molar-refractivity contribution in [3.05, 3.63) is 102 Å². The van der Waals surface area contributed by atoms with Crippen molar-refractivity contribution >= 4 is 40.7 Å². The minimum Gasteiger partial charge on any atom is -0.439 e. The predicted molar refractivity (Wildman–Crippen MR) is 132 cm³/mol.